The van der Waals surface area contributed by atoms with E-state index < -0.39 is 0 Å². The van der Waals surface area contributed by atoms with Crippen molar-refractivity contribution < 1.29 is 9.18 Å². The van der Waals surface area contributed by atoms with Crippen LogP contribution in [0.2, 0.25) is 0 Å². The van der Waals surface area contributed by atoms with Crippen molar-refractivity contribution in [2.45, 2.75) is 38.4 Å². The summed E-state index contributed by atoms with van der Waals surface area (Å²) in [7, 11) is 0. The van der Waals surface area contributed by atoms with Gasteiger partial charge in [0.1, 0.15) is 5.82 Å². The van der Waals surface area contributed by atoms with Gasteiger partial charge in [-0.25, -0.2) is 4.39 Å². The highest BCUT2D eigenvalue weighted by atomic mass is 19.1. The van der Waals surface area contributed by atoms with Crippen LogP contribution in [0.5, 0.6) is 0 Å². The first-order chi connectivity index (χ1) is 12.7. The molecule has 0 saturated carbocycles. The van der Waals surface area contributed by atoms with E-state index in [1.54, 1.807) is 18.3 Å². The van der Waals surface area contributed by atoms with Crippen molar-refractivity contribution in [1.82, 2.24) is 14.8 Å². The molecule has 0 aliphatic carbocycles. The molecular formula is C21H24FN3O. The molecule has 0 unspecified atom stereocenters. The number of rotatable bonds is 4. The third kappa shape index (κ3) is 3.78. The zero-order valence-corrected chi connectivity index (χ0v) is 14.9. The molecular weight excluding hydrogens is 329 g/mol. The Morgan fingerprint density at radius 1 is 1.08 bits per heavy atom. The van der Waals surface area contributed by atoms with Gasteiger partial charge in [-0.15, -0.1) is 0 Å². The van der Waals surface area contributed by atoms with E-state index in [4.69, 9.17) is 0 Å². The number of amides is 1. The summed E-state index contributed by atoms with van der Waals surface area (Å²) < 4.78 is 13.1. The zero-order valence-electron chi connectivity index (χ0n) is 14.9. The Balaban J connectivity index is 1.42. The number of carbonyl (C=O) groups is 1. The predicted octanol–water partition coefficient (Wildman–Crippen LogP) is 3.23. The van der Waals surface area contributed by atoms with Crippen LogP contribution < -0.4 is 0 Å². The van der Waals surface area contributed by atoms with E-state index in [9.17, 15) is 9.18 Å². The molecule has 2 aromatic rings. The molecule has 5 heteroatoms. The van der Waals surface area contributed by atoms with E-state index in [2.05, 4.69) is 16.0 Å². The molecule has 2 aliphatic rings. The Labute approximate surface area is 153 Å². The van der Waals surface area contributed by atoms with Gasteiger partial charge in [0.25, 0.3) is 0 Å². The van der Waals surface area contributed by atoms with Crippen molar-refractivity contribution in [3.05, 3.63) is 65.7 Å². The van der Waals surface area contributed by atoms with E-state index in [1.807, 2.05) is 17.2 Å². The summed E-state index contributed by atoms with van der Waals surface area (Å²) in [5.41, 5.74) is 2.24. The maximum Gasteiger partial charge on any atom is 0.223 e. The van der Waals surface area contributed by atoms with Gasteiger partial charge >= 0.3 is 0 Å². The SMILES string of the molecule is O=C1CC[C@@H]2CN(Cc3cccnc3)CC[C@@H]2N1Cc1ccc(F)cc1. The first-order valence-electron chi connectivity index (χ1n) is 9.34. The smallest absolute Gasteiger partial charge is 0.223 e. The fraction of sp³-hybridized carbons (Fsp3) is 0.429. The lowest BCUT2D eigenvalue weighted by atomic mass is 9.83. The van der Waals surface area contributed by atoms with Crippen molar-refractivity contribution in [3.8, 4) is 0 Å². The molecule has 0 spiro atoms. The predicted molar refractivity (Wildman–Crippen MR) is 97.6 cm³/mol. The molecule has 2 saturated heterocycles. The molecule has 1 amide bonds. The summed E-state index contributed by atoms with van der Waals surface area (Å²) in [4.78, 5) is 21.2. The van der Waals surface area contributed by atoms with E-state index in [-0.39, 0.29) is 11.7 Å². The lowest BCUT2D eigenvalue weighted by molar-refractivity contribution is -0.142. The largest absolute Gasteiger partial charge is 0.335 e. The minimum Gasteiger partial charge on any atom is -0.335 e. The van der Waals surface area contributed by atoms with Gasteiger partial charge in [0.2, 0.25) is 5.91 Å². The topological polar surface area (TPSA) is 36.4 Å². The fourth-order valence-electron chi connectivity index (χ4n) is 4.31. The second-order valence-corrected chi connectivity index (χ2v) is 7.40. The molecule has 2 atom stereocenters. The molecule has 0 bridgehead atoms. The van der Waals surface area contributed by atoms with Crippen LogP contribution in [0.25, 0.3) is 0 Å². The molecule has 26 heavy (non-hydrogen) atoms. The highest BCUT2D eigenvalue weighted by Gasteiger charge is 2.39. The number of piperidine rings is 2. The summed E-state index contributed by atoms with van der Waals surface area (Å²) >= 11 is 0. The number of hydrogen-bond donors (Lipinski definition) is 0. The van der Waals surface area contributed by atoms with Crippen LogP contribution in [0, 0.1) is 11.7 Å². The molecule has 2 fully saturated rings. The minimum absolute atomic E-state index is 0.233. The molecule has 136 valence electrons. The molecule has 3 heterocycles. The molecule has 0 radical (unpaired) electrons. The van der Waals surface area contributed by atoms with Crippen LogP contribution in [-0.2, 0) is 17.9 Å². The zero-order chi connectivity index (χ0) is 17.9. The normalized spacial score (nSPS) is 23.7. The first kappa shape index (κ1) is 17.2. The first-order valence-corrected chi connectivity index (χ1v) is 9.34. The third-order valence-electron chi connectivity index (χ3n) is 5.62. The Bertz CT molecular complexity index is 750. The second kappa shape index (κ2) is 7.54. The monoisotopic (exact) mass is 353 g/mol. The lowest BCUT2D eigenvalue weighted by Gasteiger charge is -2.47. The van der Waals surface area contributed by atoms with Crippen LogP contribution in [-0.4, -0.2) is 39.8 Å². The van der Waals surface area contributed by atoms with Crippen LogP contribution >= 0.6 is 0 Å². The molecule has 1 aromatic carbocycles. The van der Waals surface area contributed by atoms with Crippen molar-refractivity contribution >= 4 is 5.91 Å². The Hall–Kier alpha value is -2.27. The highest BCUT2D eigenvalue weighted by molar-refractivity contribution is 5.77. The number of likely N-dealkylation sites (tertiary alicyclic amines) is 2. The molecule has 2 aliphatic heterocycles. The number of nitrogens with zero attached hydrogens (tertiary/aromatic N) is 3. The minimum atomic E-state index is -0.236. The van der Waals surface area contributed by atoms with Gasteiger partial charge in [-0.2, -0.15) is 0 Å². The number of carbonyl (C=O) groups excluding carboxylic acids is 1. The summed E-state index contributed by atoms with van der Waals surface area (Å²) in [5, 5.41) is 0. The van der Waals surface area contributed by atoms with Crippen LogP contribution in [0.4, 0.5) is 4.39 Å². The third-order valence-corrected chi connectivity index (χ3v) is 5.62. The van der Waals surface area contributed by atoms with E-state index in [0.29, 0.717) is 24.9 Å². The summed E-state index contributed by atoms with van der Waals surface area (Å²) in [5.74, 6) is 0.509. The van der Waals surface area contributed by atoms with Gasteiger partial charge in [0.05, 0.1) is 0 Å². The molecule has 4 rings (SSSR count). The summed E-state index contributed by atoms with van der Waals surface area (Å²) in [6.07, 6.45) is 6.31. The highest BCUT2D eigenvalue weighted by Crippen LogP contribution is 2.32. The number of halogens is 1. The van der Waals surface area contributed by atoms with Gasteiger partial charge in [-0.1, -0.05) is 18.2 Å². The Morgan fingerprint density at radius 2 is 1.92 bits per heavy atom. The standard InChI is InChI=1S/C21H24FN3O/c22-19-6-3-16(4-7-19)14-25-20-9-11-24(13-17-2-1-10-23-12-17)15-18(20)5-8-21(25)26/h1-4,6-7,10,12,18,20H,5,8-9,11,13-15H2/t18-,20+/m1/s1. The molecule has 1 aromatic heterocycles. The average Bonchev–Trinajstić information content (AvgIpc) is 2.66. The average molecular weight is 353 g/mol. The number of aromatic nitrogens is 1. The van der Waals surface area contributed by atoms with Crippen LogP contribution in [0.3, 0.4) is 0 Å². The van der Waals surface area contributed by atoms with E-state index in [1.165, 1.54) is 17.7 Å². The van der Waals surface area contributed by atoms with Crippen molar-refractivity contribution in [2.24, 2.45) is 5.92 Å². The maximum atomic E-state index is 13.1. The van der Waals surface area contributed by atoms with Crippen molar-refractivity contribution in [1.29, 1.82) is 0 Å². The van der Waals surface area contributed by atoms with Gasteiger partial charge in [0.15, 0.2) is 0 Å². The molecule has 4 nitrogen and oxygen atoms in total. The Morgan fingerprint density at radius 3 is 2.69 bits per heavy atom. The van der Waals surface area contributed by atoms with E-state index in [0.717, 1.165) is 38.0 Å². The number of fused-ring (bicyclic) bond motifs is 1. The fourth-order valence-corrected chi connectivity index (χ4v) is 4.31. The quantitative estimate of drug-likeness (QED) is 0.847. The maximum absolute atomic E-state index is 13.1. The van der Waals surface area contributed by atoms with Gasteiger partial charge in [0, 0.05) is 51.0 Å². The lowest BCUT2D eigenvalue weighted by Crippen LogP contribution is -2.55. The van der Waals surface area contributed by atoms with Gasteiger partial charge < -0.3 is 4.90 Å². The number of pyridine rings is 1. The van der Waals surface area contributed by atoms with Gasteiger partial charge in [-0.05, 0) is 48.1 Å². The second-order valence-electron chi connectivity index (χ2n) is 7.40. The number of benzene rings is 1. The van der Waals surface area contributed by atoms with Crippen molar-refractivity contribution in [3.63, 3.8) is 0 Å². The summed E-state index contributed by atoms with van der Waals surface area (Å²) in [6, 6.07) is 10.9. The van der Waals surface area contributed by atoms with E-state index >= 15 is 0 Å². The van der Waals surface area contributed by atoms with Crippen molar-refractivity contribution in [2.75, 3.05) is 13.1 Å². The molecule has 0 N–H and O–H groups in total. The van der Waals surface area contributed by atoms with Gasteiger partial charge in [-0.3, -0.25) is 14.7 Å². The Kier molecular flexibility index (Phi) is 4.98. The summed E-state index contributed by atoms with van der Waals surface area (Å²) in [6.45, 7) is 3.52. The number of hydrogen-bond acceptors (Lipinski definition) is 3. The van der Waals surface area contributed by atoms with Crippen LogP contribution in [0.1, 0.15) is 30.4 Å². The van der Waals surface area contributed by atoms with Crippen LogP contribution in [0.15, 0.2) is 48.8 Å².